The van der Waals surface area contributed by atoms with Crippen molar-refractivity contribution in [2.75, 3.05) is 4.90 Å². The van der Waals surface area contributed by atoms with E-state index in [-0.39, 0.29) is 17.0 Å². The van der Waals surface area contributed by atoms with Crippen LogP contribution in [0.15, 0.2) is 66.2 Å². The third-order valence-electron chi connectivity index (χ3n) is 6.99. The predicted molar refractivity (Wildman–Crippen MR) is 153 cm³/mol. The maximum atomic E-state index is 6.52. The molecule has 1 saturated carbocycles. The zero-order valence-electron chi connectivity index (χ0n) is 21.1. The number of benzene rings is 2. The molecule has 1 aliphatic heterocycles. The van der Waals surface area contributed by atoms with Crippen LogP contribution in [0.4, 0.5) is 5.69 Å². The van der Waals surface area contributed by atoms with Crippen LogP contribution in [0.5, 0.6) is 5.75 Å². The number of hydrogen-bond donors (Lipinski definition) is 1. The van der Waals surface area contributed by atoms with Gasteiger partial charge in [0.2, 0.25) is 6.23 Å². The monoisotopic (exact) mass is 556 g/mol. The SMILES string of the molecule is CC(C)(C)C(N=C1NC(=S)N(c2cccc(Cl)c2)C12CCCC2)C(Oc1ccc(Cl)cc1)n1cncn1. The van der Waals surface area contributed by atoms with Crippen molar-refractivity contribution in [3.8, 4) is 5.75 Å². The molecule has 1 aromatic heterocycles. The average molecular weight is 558 g/mol. The van der Waals surface area contributed by atoms with Crippen molar-refractivity contribution in [2.45, 2.75) is 64.3 Å². The summed E-state index contributed by atoms with van der Waals surface area (Å²) in [6.07, 6.45) is 6.68. The first kappa shape index (κ1) is 25.9. The molecule has 0 bridgehead atoms. The molecule has 2 fully saturated rings. The van der Waals surface area contributed by atoms with Crippen molar-refractivity contribution in [3.05, 3.63) is 71.2 Å². The van der Waals surface area contributed by atoms with Crippen LogP contribution in [0.25, 0.3) is 0 Å². The second-order valence-electron chi connectivity index (χ2n) is 10.6. The lowest BCUT2D eigenvalue weighted by atomic mass is 9.85. The number of aliphatic imine (C=N–C) groups is 1. The average Bonchev–Trinajstić information content (AvgIpc) is 3.59. The van der Waals surface area contributed by atoms with Gasteiger partial charge < -0.3 is 15.0 Å². The first-order chi connectivity index (χ1) is 17.7. The van der Waals surface area contributed by atoms with Crippen LogP contribution in [-0.2, 0) is 0 Å². The van der Waals surface area contributed by atoms with E-state index in [0.717, 1.165) is 37.2 Å². The summed E-state index contributed by atoms with van der Waals surface area (Å²) in [5, 5.41) is 9.85. The summed E-state index contributed by atoms with van der Waals surface area (Å²) in [6.45, 7) is 6.46. The van der Waals surface area contributed by atoms with Gasteiger partial charge in [0.1, 0.15) is 35.8 Å². The predicted octanol–water partition coefficient (Wildman–Crippen LogP) is 6.68. The molecule has 2 unspecified atom stereocenters. The molecule has 1 N–H and O–H groups in total. The lowest BCUT2D eigenvalue weighted by Gasteiger charge is -2.37. The molecule has 3 aromatic rings. The Labute approximate surface area is 232 Å². The Morgan fingerprint density at radius 1 is 1.08 bits per heavy atom. The van der Waals surface area contributed by atoms with Gasteiger partial charge in [-0.15, -0.1) is 0 Å². The molecular weight excluding hydrogens is 527 g/mol. The van der Waals surface area contributed by atoms with E-state index < -0.39 is 6.23 Å². The number of aromatic nitrogens is 3. The number of hydrogen-bond acceptors (Lipinski definition) is 5. The minimum absolute atomic E-state index is 0.289. The van der Waals surface area contributed by atoms with Crippen LogP contribution >= 0.6 is 35.4 Å². The highest BCUT2D eigenvalue weighted by molar-refractivity contribution is 7.80. The molecule has 7 nitrogen and oxygen atoms in total. The fraction of sp³-hybridized carbons (Fsp3) is 0.407. The smallest absolute Gasteiger partial charge is 0.215 e. The van der Waals surface area contributed by atoms with E-state index >= 15 is 0 Å². The number of thiocarbonyl (C=S) groups is 1. The van der Waals surface area contributed by atoms with Crippen molar-refractivity contribution < 1.29 is 4.74 Å². The normalized spacial score (nSPS) is 19.9. The molecule has 1 saturated heterocycles. The molecule has 2 heterocycles. The van der Waals surface area contributed by atoms with Gasteiger partial charge in [-0.2, -0.15) is 5.10 Å². The Hall–Kier alpha value is -2.68. The summed E-state index contributed by atoms with van der Waals surface area (Å²) in [5.41, 5.74) is 0.316. The first-order valence-corrected chi connectivity index (χ1v) is 13.6. The van der Waals surface area contributed by atoms with Crippen molar-refractivity contribution >= 4 is 52.1 Å². The van der Waals surface area contributed by atoms with Gasteiger partial charge in [-0.05, 0) is 72.9 Å². The Morgan fingerprint density at radius 3 is 2.43 bits per heavy atom. The number of halogens is 2. The Kier molecular flexibility index (Phi) is 7.18. The van der Waals surface area contributed by atoms with Gasteiger partial charge in [0.25, 0.3) is 0 Å². The highest BCUT2D eigenvalue weighted by Gasteiger charge is 2.52. The van der Waals surface area contributed by atoms with Crippen LogP contribution < -0.4 is 15.0 Å². The van der Waals surface area contributed by atoms with E-state index in [9.17, 15) is 0 Å². The molecule has 0 radical (unpaired) electrons. The fourth-order valence-corrected chi connectivity index (χ4v) is 5.90. The third kappa shape index (κ3) is 5.19. The maximum Gasteiger partial charge on any atom is 0.215 e. The molecule has 5 rings (SSSR count). The summed E-state index contributed by atoms with van der Waals surface area (Å²) < 4.78 is 8.24. The molecule has 2 atom stereocenters. The minimum atomic E-state index is -0.551. The highest BCUT2D eigenvalue weighted by atomic mass is 35.5. The summed E-state index contributed by atoms with van der Waals surface area (Å²) in [5.74, 6) is 1.53. The van der Waals surface area contributed by atoms with E-state index in [4.69, 9.17) is 45.1 Å². The molecule has 2 aliphatic rings. The Bertz CT molecular complexity index is 1280. The van der Waals surface area contributed by atoms with Crippen LogP contribution in [0.2, 0.25) is 10.0 Å². The van der Waals surface area contributed by atoms with Gasteiger partial charge in [0.15, 0.2) is 5.11 Å². The molecule has 10 heteroatoms. The van der Waals surface area contributed by atoms with Crippen molar-refractivity contribution in [1.82, 2.24) is 20.1 Å². The topological polar surface area (TPSA) is 67.6 Å². The lowest BCUT2D eigenvalue weighted by Crippen LogP contribution is -2.49. The van der Waals surface area contributed by atoms with Gasteiger partial charge in [0.05, 0.1) is 0 Å². The molecule has 0 amide bonds. The zero-order chi connectivity index (χ0) is 26.2. The summed E-state index contributed by atoms with van der Waals surface area (Å²) >= 11 is 18.4. The lowest BCUT2D eigenvalue weighted by molar-refractivity contribution is 0.0470. The van der Waals surface area contributed by atoms with Gasteiger partial charge in [-0.25, -0.2) is 9.67 Å². The quantitative estimate of drug-likeness (QED) is 0.341. The largest absolute Gasteiger partial charge is 0.466 e. The highest BCUT2D eigenvalue weighted by Crippen LogP contribution is 2.44. The number of ether oxygens (including phenoxy) is 1. The van der Waals surface area contributed by atoms with E-state index in [0.29, 0.717) is 20.9 Å². The number of amidine groups is 1. The second-order valence-corrected chi connectivity index (χ2v) is 11.9. The number of rotatable bonds is 6. The summed E-state index contributed by atoms with van der Waals surface area (Å²) in [4.78, 5) is 11.8. The van der Waals surface area contributed by atoms with Crippen LogP contribution in [0.1, 0.15) is 52.7 Å². The molecule has 1 aliphatic carbocycles. The number of nitrogens with one attached hydrogen (secondary N) is 1. The minimum Gasteiger partial charge on any atom is -0.466 e. The van der Waals surface area contributed by atoms with Gasteiger partial charge in [-0.1, -0.05) is 62.9 Å². The van der Waals surface area contributed by atoms with Gasteiger partial charge >= 0.3 is 0 Å². The zero-order valence-corrected chi connectivity index (χ0v) is 23.4. The van der Waals surface area contributed by atoms with Crippen LogP contribution in [0.3, 0.4) is 0 Å². The van der Waals surface area contributed by atoms with Crippen molar-refractivity contribution in [1.29, 1.82) is 0 Å². The molecule has 194 valence electrons. The summed E-state index contributed by atoms with van der Waals surface area (Å²) in [7, 11) is 0. The molecule has 1 spiro atoms. The molecule has 37 heavy (non-hydrogen) atoms. The third-order valence-corrected chi connectivity index (χ3v) is 7.76. The van der Waals surface area contributed by atoms with Gasteiger partial charge in [0, 0.05) is 15.7 Å². The fourth-order valence-electron chi connectivity index (χ4n) is 5.21. The van der Waals surface area contributed by atoms with Crippen molar-refractivity contribution in [2.24, 2.45) is 10.4 Å². The Balaban J connectivity index is 1.59. The standard InChI is InChI=1S/C27H30Cl2N6OS/c1-26(2,3)22(23(34-17-30-16-31-34)36-21-11-9-18(28)10-12-21)32-24-27(13-4-5-14-27)35(25(37)33-24)20-8-6-7-19(29)15-20/h6-12,15-17,22-23H,4-5,13-14H2,1-3H3,(H,32,33,37). The van der Waals surface area contributed by atoms with E-state index in [2.05, 4.69) is 41.1 Å². The summed E-state index contributed by atoms with van der Waals surface area (Å²) in [6, 6.07) is 14.8. The van der Waals surface area contributed by atoms with Crippen LogP contribution in [0, 0.1) is 5.41 Å². The van der Waals surface area contributed by atoms with Crippen molar-refractivity contribution in [3.63, 3.8) is 0 Å². The van der Waals surface area contributed by atoms with E-state index in [1.54, 1.807) is 23.1 Å². The molecular formula is C27H30Cl2N6OS. The first-order valence-electron chi connectivity index (χ1n) is 12.4. The maximum absolute atomic E-state index is 6.52. The van der Waals surface area contributed by atoms with E-state index in [1.807, 2.05) is 36.4 Å². The number of nitrogens with zero attached hydrogens (tertiary/aromatic N) is 5. The molecule has 2 aromatic carbocycles. The van der Waals surface area contributed by atoms with Gasteiger partial charge in [-0.3, -0.25) is 4.99 Å². The Morgan fingerprint density at radius 2 is 1.81 bits per heavy atom. The number of anilines is 1. The van der Waals surface area contributed by atoms with Crippen LogP contribution in [-0.4, -0.2) is 37.3 Å². The van der Waals surface area contributed by atoms with E-state index in [1.165, 1.54) is 6.33 Å². The second kappa shape index (κ2) is 10.2.